The fourth-order valence-electron chi connectivity index (χ4n) is 1.98. The van der Waals surface area contributed by atoms with Gasteiger partial charge in [0.2, 0.25) is 0 Å². The molecule has 1 atom stereocenters. The summed E-state index contributed by atoms with van der Waals surface area (Å²) in [5, 5.41) is 0. The molecule has 0 saturated heterocycles. The van der Waals surface area contributed by atoms with Crippen molar-refractivity contribution >= 4 is 17.7 Å². The van der Waals surface area contributed by atoms with E-state index in [0.29, 0.717) is 6.42 Å². The van der Waals surface area contributed by atoms with Gasteiger partial charge >= 0.3 is 11.9 Å². The molecule has 0 rings (SSSR count). The summed E-state index contributed by atoms with van der Waals surface area (Å²) in [5.41, 5.74) is 0. The molecule has 5 heteroatoms. The zero-order valence-corrected chi connectivity index (χ0v) is 12.9. The van der Waals surface area contributed by atoms with Crippen molar-refractivity contribution in [2.24, 2.45) is 11.8 Å². The van der Waals surface area contributed by atoms with Gasteiger partial charge in [0.05, 0.1) is 13.2 Å². The number of carbonyl (C=O) groups is 3. The smallest absolute Gasteiger partial charge is 0.320 e. The van der Waals surface area contributed by atoms with Gasteiger partial charge in [-0.15, -0.1) is 0 Å². The van der Waals surface area contributed by atoms with Crippen LogP contribution < -0.4 is 0 Å². The standard InChI is InChI=1S/C15H26O5/c1-5-8-9-12(16)10-11(4)13(14(17)19-6-2)15(18)20-7-3/h11,13H,5-10H2,1-4H3. The van der Waals surface area contributed by atoms with E-state index in [2.05, 4.69) is 0 Å². The third-order valence-electron chi connectivity index (χ3n) is 3.01. The topological polar surface area (TPSA) is 69.7 Å². The number of ether oxygens (including phenoxy) is 2. The Labute approximate surface area is 121 Å². The maximum atomic E-state index is 11.9. The lowest BCUT2D eigenvalue weighted by Gasteiger charge is -2.20. The predicted molar refractivity (Wildman–Crippen MR) is 75.1 cm³/mol. The summed E-state index contributed by atoms with van der Waals surface area (Å²) in [4.78, 5) is 35.5. The van der Waals surface area contributed by atoms with Crippen molar-refractivity contribution in [3.8, 4) is 0 Å². The quantitative estimate of drug-likeness (QED) is 0.456. The molecular formula is C15H26O5. The van der Waals surface area contributed by atoms with Crippen LogP contribution in [0.1, 0.15) is 53.4 Å². The first-order chi connectivity index (χ1) is 9.47. The summed E-state index contributed by atoms with van der Waals surface area (Å²) in [7, 11) is 0. The van der Waals surface area contributed by atoms with Crippen LogP contribution in [0.2, 0.25) is 0 Å². The molecule has 0 saturated carbocycles. The number of unbranched alkanes of at least 4 members (excludes halogenated alkanes) is 1. The van der Waals surface area contributed by atoms with Gasteiger partial charge in [0.1, 0.15) is 5.78 Å². The largest absolute Gasteiger partial charge is 0.465 e. The van der Waals surface area contributed by atoms with Crippen molar-refractivity contribution in [3.63, 3.8) is 0 Å². The minimum atomic E-state index is -1.01. The Balaban J connectivity index is 4.70. The van der Waals surface area contributed by atoms with E-state index in [-0.39, 0.29) is 25.4 Å². The van der Waals surface area contributed by atoms with Crippen molar-refractivity contribution in [2.45, 2.75) is 53.4 Å². The number of esters is 2. The Kier molecular flexibility index (Phi) is 9.68. The molecule has 0 aromatic carbocycles. The third kappa shape index (κ3) is 6.68. The number of carbonyl (C=O) groups excluding carboxylic acids is 3. The molecule has 20 heavy (non-hydrogen) atoms. The Morgan fingerprint density at radius 2 is 1.45 bits per heavy atom. The molecule has 0 N–H and O–H groups in total. The number of ketones is 1. The Bertz CT molecular complexity index is 306. The minimum absolute atomic E-state index is 0.0675. The molecule has 0 radical (unpaired) electrons. The molecule has 116 valence electrons. The maximum absolute atomic E-state index is 11.9. The molecule has 5 nitrogen and oxygen atoms in total. The van der Waals surface area contributed by atoms with Crippen LogP contribution in [0.4, 0.5) is 0 Å². The SMILES string of the molecule is CCCCC(=O)CC(C)C(C(=O)OCC)C(=O)OCC. The van der Waals surface area contributed by atoms with Crippen LogP contribution in [-0.4, -0.2) is 30.9 Å². The maximum Gasteiger partial charge on any atom is 0.320 e. The van der Waals surface area contributed by atoms with E-state index < -0.39 is 23.8 Å². The molecule has 0 heterocycles. The average molecular weight is 286 g/mol. The van der Waals surface area contributed by atoms with Crippen molar-refractivity contribution in [2.75, 3.05) is 13.2 Å². The summed E-state index contributed by atoms with van der Waals surface area (Å²) in [6.07, 6.45) is 2.45. The summed E-state index contributed by atoms with van der Waals surface area (Å²) >= 11 is 0. The van der Waals surface area contributed by atoms with Gasteiger partial charge in [-0.25, -0.2) is 0 Å². The molecule has 0 aliphatic carbocycles. The molecule has 1 unspecified atom stereocenters. The van der Waals surface area contributed by atoms with E-state index in [1.807, 2.05) is 6.92 Å². The van der Waals surface area contributed by atoms with E-state index in [4.69, 9.17) is 9.47 Å². The van der Waals surface area contributed by atoms with E-state index in [1.54, 1.807) is 20.8 Å². The van der Waals surface area contributed by atoms with Gasteiger partial charge in [-0.05, 0) is 26.2 Å². The Morgan fingerprint density at radius 1 is 0.950 bits per heavy atom. The van der Waals surface area contributed by atoms with Gasteiger partial charge < -0.3 is 9.47 Å². The molecule has 0 aliphatic rings. The Hall–Kier alpha value is -1.39. The first kappa shape index (κ1) is 18.6. The second kappa shape index (κ2) is 10.4. The highest BCUT2D eigenvalue weighted by atomic mass is 16.6. The normalized spacial score (nSPS) is 12.1. The first-order valence-electron chi connectivity index (χ1n) is 7.32. The predicted octanol–water partition coefficient (Wildman–Crippen LogP) is 2.51. The van der Waals surface area contributed by atoms with Crippen LogP contribution in [0.25, 0.3) is 0 Å². The van der Waals surface area contributed by atoms with Crippen LogP contribution in [0, 0.1) is 11.8 Å². The van der Waals surface area contributed by atoms with Gasteiger partial charge in [-0.3, -0.25) is 14.4 Å². The second-order valence-corrected chi connectivity index (χ2v) is 4.81. The molecular weight excluding hydrogens is 260 g/mol. The van der Waals surface area contributed by atoms with Gasteiger partial charge in [0, 0.05) is 12.8 Å². The zero-order chi connectivity index (χ0) is 15.5. The molecule has 0 fully saturated rings. The molecule has 0 aliphatic heterocycles. The lowest BCUT2D eigenvalue weighted by molar-refractivity contribution is -0.164. The average Bonchev–Trinajstić information content (AvgIpc) is 2.37. The lowest BCUT2D eigenvalue weighted by atomic mass is 9.88. The summed E-state index contributed by atoms with van der Waals surface area (Å²) < 4.78 is 9.81. The number of hydrogen-bond acceptors (Lipinski definition) is 5. The van der Waals surface area contributed by atoms with Crippen LogP contribution in [-0.2, 0) is 23.9 Å². The van der Waals surface area contributed by atoms with E-state index in [0.717, 1.165) is 12.8 Å². The third-order valence-corrected chi connectivity index (χ3v) is 3.01. The number of hydrogen-bond donors (Lipinski definition) is 0. The highest BCUT2D eigenvalue weighted by Crippen LogP contribution is 2.21. The highest BCUT2D eigenvalue weighted by Gasteiger charge is 2.35. The minimum Gasteiger partial charge on any atom is -0.465 e. The van der Waals surface area contributed by atoms with Gasteiger partial charge in [-0.1, -0.05) is 20.3 Å². The number of rotatable bonds is 10. The van der Waals surface area contributed by atoms with Gasteiger partial charge in [0.25, 0.3) is 0 Å². The molecule has 0 aromatic rings. The molecule has 0 spiro atoms. The van der Waals surface area contributed by atoms with Gasteiger partial charge in [-0.2, -0.15) is 0 Å². The second-order valence-electron chi connectivity index (χ2n) is 4.81. The highest BCUT2D eigenvalue weighted by molar-refractivity contribution is 5.96. The van der Waals surface area contributed by atoms with Crippen LogP contribution in [0.15, 0.2) is 0 Å². The van der Waals surface area contributed by atoms with Crippen molar-refractivity contribution in [1.29, 1.82) is 0 Å². The monoisotopic (exact) mass is 286 g/mol. The van der Waals surface area contributed by atoms with E-state index in [1.165, 1.54) is 0 Å². The van der Waals surface area contributed by atoms with Crippen LogP contribution in [0.3, 0.4) is 0 Å². The first-order valence-corrected chi connectivity index (χ1v) is 7.32. The number of Topliss-reactive ketones (excluding diaryl/α,β-unsaturated/α-hetero) is 1. The van der Waals surface area contributed by atoms with Crippen molar-refractivity contribution in [1.82, 2.24) is 0 Å². The van der Waals surface area contributed by atoms with Crippen molar-refractivity contribution < 1.29 is 23.9 Å². The summed E-state index contributed by atoms with van der Waals surface area (Å²) in [6, 6.07) is 0. The van der Waals surface area contributed by atoms with Gasteiger partial charge in [0.15, 0.2) is 5.92 Å². The summed E-state index contributed by atoms with van der Waals surface area (Å²) in [6.45, 7) is 7.48. The van der Waals surface area contributed by atoms with E-state index in [9.17, 15) is 14.4 Å². The van der Waals surface area contributed by atoms with Crippen molar-refractivity contribution in [3.05, 3.63) is 0 Å². The molecule has 0 amide bonds. The fourth-order valence-corrected chi connectivity index (χ4v) is 1.98. The van der Waals surface area contributed by atoms with Crippen LogP contribution >= 0.6 is 0 Å². The zero-order valence-electron chi connectivity index (χ0n) is 12.9. The summed E-state index contributed by atoms with van der Waals surface area (Å²) in [5.74, 6) is -2.57. The molecule has 0 aromatic heterocycles. The lowest BCUT2D eigenvalue weighted by Crippen LogP contribution is -2.34. The van der Waals surface area contributed by atoms with Crippen LogP contribution in [0.5, 0.6) is 0 Å². The van der Waals surface area contributed by atoms with E-state index >= 15 is 0 Å². The molecule has 0 bridgehead atoms. The Morgan fingerprint density at radius 3 is 1.85 bits per heavy atom. The fraction of sp³-hybridized carbons (Fsp3) is 0.800.